The van der Waals surface area contributed by atoms with Crippen LogP contribution in [0.1, 0.15) is 13.8 Å². The minimum absolute atomic E-state index is 0.162. The maximum atomic E-state index is 9.58. The molecular weight excluding hydrogens is 352 g/mol. The summed E-state index contributed by atoms with van der Waals surface area (Å²) in [5, 5.41) is 23.1. The largest absolute Gasteiger partial charge is 0.508 e. The zero-order chi connectivity index (χ0) is 19.7. The molecule has 0 aliphatic rings. The molecule has 0 saturated heterocycles. The van der Waals surface area contributed by atoms with Crippen molar-refractivity contribution < 1.29 is 19.7 Å². The van der Waals surface area contributed by atoms with Gasteiger partial charge in [-0.05, 0) is 83.9 Å². The highest BCUT2D eigenvalue weighted by Gasteiger charge is 2.16. The van der Waals surface area contributed by atoms with Crippen LogP contribution in [0.15, 0.2) is 72.8 Å². The average molecular weight is 374 g/mol. The molecular formula is C24H22O4. The van der Waals surface area contributed by atoms with Gasteiger partial charge in [0.2, 0.25) is 0 Å². The van der Waals surface area contributed by atoms with E-state index >= 15 is 0 Å². The number of aromatic hydroxyl groups is 2. The number of hydrogen-bond donors (Lipinski definition) is 2. The molecule has 0 heterocycles. The maximum Gasteiger partial charge on any atom is 0.132 e. The zero-order valence-electron chi connectivity index (χ0n) is 15.8. The number of fused-ring (bicyclic) bond motifs is 2. The van der Waals surface area contributed by atoms with E-state index in [0.29, 0.717) is 0 Å². The second kappa shape index (κ2) is 7.31. The van der Waals surface area contributed by atoms with Crippen molar-refractivity contribution in [3.8, 4) is 23.0 Å². The summed E-state index contributed by atoms with van der Waals surface area (Å²) in [6.07, 6.45) is -0.324. The van der Waals surface area contributed by atoms with E-state index in [9.17, 15) is 10.2 Å². The number of phenolic OH excluding ortho intramolecular Hbond substituents is 2. The van der Waals surface area contributed by atoms with E-state index in [2.05, 4.69) is 0 Å². The Morgan fingerprint density at radius 3 is 1.32 bits per heavy atom. The summed E-state index contributed by atoms with van der Waals surface area (Å²) in [7, 11) is 0. The number of ether oxygens (including phenoxy) is 2. The summed E-state index contributed by atoms with van der Waals surface area (Å²) in [5.74, 6) is 2.02. The average Bonchev–Trinajstić information content (AvgIpc) is 2.68. The lowest BCUT2D eigenvalue weighted by atomic mass is 10.1. The van der Waals surface area contributed by atoms with Gasteiger partial charge in [0, 0.05) is 0 Å². The van der Waals surface area contributed by atoms with Gasteiger partial charge in [-0.2, -0.15) is 0 Å². The van der Waals surface area contributed by atoms with Crippen molar-refractivity contribution in [2.24, 2.45) is 0 Å². The van der Waals surface area contributed by atoms with Crippen molar-refractivity contribution in [2.45, 2.75) is 26.1 Å². The molecule has 2 atom stereocenters. The number of benzene rings is 4. The molecule has 0 aliphatic heterocycles. The first-order chi connectivity index (χ1) is 13.5. The minimum Gasteiger partial charge on any atom is -0.508 e. The normalized spacial score (nSPS) is 13.4. The van der Waals surface area contributed by atoms with Gasteiger partial charge in [-0.3, -0.25) is 0 Å². The van der Waals surface area contributed by atoms with Gasteiger partial charge in [0.1, 0.15) is 35.2 Å². The molecule has 0 aromatic heterocycles. The third-order valence-corrected chi connectivity index (χ3v) is 4.90. The maximum absolute atomic E-state index is 9.58. The lowest BCUT2D eigenvalue weighted by Gasteiger charge is -2.23. The molecule has 0 radical (unpaired) electrons. The van der Waals surface area contributed by atoms with Gasteiger partial charge in [0.25, 0.3) is 0 Å². The van der Waals surface area contributed by atoms with Gasteiger partial charge in [-0.25, -0.2) is 0 Å². The van der Waals surface area contributed by atoms with Crippen molar-refractivity contribution in [3.63, 3.8) is 0 Å². The Kier molecular flexibility index (Phi) is 4.70. The molecule has 142 valence electrons. The second-order valence-electron chi connectivity index (χ2n) is 7.03. The molecule has 0 spiro atoms. The highest BCUT2D eigenvalue weighted by Crippen LogP contribution is 2.27. The first-order valence-corrected chi connectivity index (χ1v) is 9.27. The number of phenols is 2. The highest BCUT2D eigenvalue weighted by atomic mass is 16.5. The smallest absolute Gasteiger partial charge is 0.132 e. The summed E-state index contributed by atoms with van der Waals surface area (Å²) < 4.78 is 12.1. The van der Waals surface area contributed by atoms with E-state index in [1.54, 1.807) is 24.3 Å². The van der Waals surface area contributed by atoms with Gasteiger partial charge < -0.3 is 19.7 Å². The van der Waals surface area contributed by atoms with Gasteiger partial charge in [0.15, 0.2) is 0 Å². The van der Waals surface area contributed by atoms with Crippen LogP contribution < -0.4 is 9.47 Å². The molecule has 0 amide bonds. The molecule has 0 saturated carbocycles. The fraction of sp³-hybridized carbons (Fsp3) is 0.167. The van der Waals surface area contributed by atoms with Crippen molar-refractivity contribution >= 4 is 21.5 Å². The molecule has 0 aliphatic carbocycles. The zero-order valence-corrected chi connectivity index (χ0v) is 15.8. The third-order valence-electron chi connectivity index (χ3n) is 4.90. The van der Waals surface area contributed by atoms with Crippen molar-refractivity contribution in [2.75, 3.05) is 0 Å². The summed E-state index contributed by atoms with van der Waals surface area (Å²) >= 11 is 0. The Morgan fingerprint density at radius 2 is 0.893 bits per heavy atom. The van der Waals surface area contributed by atoms with Crippen LogP contribution in [0.25, 0.3) is 21.5 Å². The molecule has 2 unspecified atom stereocenters. The van der Waals surface area contributed by atoms with E-state index in [-0.39, 0.29) is 23.7 Å². The van der Waals surface area contributed by atoms with Crippen LogP contribution in [0.5, 0.6) is 23.0 Å². The molecule has 28 heavy (non-hydrogen) atoms. The van der Waals surface area contributed by atoms with Gasteiger partial charge >= 0.3 is 0 Å². The predicted molar refractivity (Wildman–Crippen MR) is 111 cm³/mol. The van der Waals surface area contributed by atoms with Crippen LogP contribution in [-0.4, -0.2) is 22.4 Å². The van der Waals surface area contributed by atoms with Crippen LogP contribution in [0.2, 0.25) is 0 Å². The molecule has 4 nitrogen and oxygen atoms in total. The van der Waals surface area contributed by atoms with E-state index in [0.717, 1.165) is 33.0 Å². The van der Waals surface area contributed by atoms with E-state index in [4.69, 9.17) is 9.47 Å². The van der Waals surface area contributed by atoms with Crippen molar-refractivity contribution in [1.82, 2.24) is 0 Å². The first kappa shape index (κ1) is 18.0. The van der Waals surface area contributed by atoms with Crippen molar-refractivity contribution in [3.05, 3.63) is 72.8 Å². The lowest BCUT2D eigenvalue weighted by Crippen LogP contribution is -2.31. The fourth-order valence-electron chi connectivity index (χ4n) is 3.19. The van der Waals surface area contributed by atoms with Crippen LogP contribution in [-0.2, 0) is 0 Å². The van der Waals surface area contributed by atoms with Crippen LogP contribution in [0, 0.1) is 0 Å². The van der Waals surface area contributed by atoms with Crippen LogP contribution in [0.4, 0.5) is 0 Å². The fourth-order valence-corrected chi connectivity index (χ4v) is 3.19. The summed E-state index contributed by atoms with van der Waals surface area (Å²) in [6, 6.07) is 22.1. The molecule has 4 heteroatoms. The van der Waals surface area contributed by atoms with E-state index in [1.807, 2.05) is 62.4 Å². The molecule has 2 N–H and O–H groups in total. The Morgan fingerprint density at radius 1 is 0.536 bits per heavy atom. The van der Waals surface area contributed by atoms with Gasteiger partial charge in [-0.1, -0.05) is 24.3 Å². The van der Waals surface area contributed by atoms with E-state index in [1.165, 1.54) is 0 Å². The Hall–Kier alpha value is -3.40. The van der Waals surface area contributed by atoms with Gasteiger partial charge in [0.05, 0.1) is 0 Å². The topological polar surface area (TPSA) is 58.9 Å². The Balaban J connectivity index is 1.46. The molecule has 4 aromatic carbocycles. The number of hydrogen-bond acceptors (Lipinski definition) is 4. The summed E-state index contributed by atoms with van der Waals surface area (Å²) in [5.41, 5.74) is 0. The SMILES string of the molecule is CC(Oc1ccc2cc(O)ccc2c1)C(C)Oc1ccc2cc(O)ccc2c1. The second-order valence-corrected chi connectivity index (χ2v) is 7.03. The Labute approximate surface area is 163 Å². The summed E-state index contributed by atoms with van der Waals surface area (Å²) in [4.78, 5) is 0. The standard InChI is InChI=1S/C24H22O4/c1-15(27-23-9-5-17-11-21(25)7-3-19(17)13-23)16(2)28-24-10-6-18-12-22(26)8-4-20(18)14-24/h3-16,25-26H,1-2H3. The Bertz CT molecular complexity index is 1040. The third kappa shape index (κ3) is 3.81. The van der Waals surface area contributed by atoms with E-state index < -0.39 is 0 Å². The monoisotopic (exact) mass is 374 g/mol. The number of rotatable bonds is 5. The summed E-state index contributed by atoms with van der Waals surface area (Å²) in [6.45, 7) is 3.95. The molecule has 0 fully saturated rings. The minimum atomic E-state index is -0.162. The van der Waals surface area contributed by atoms with Crippen molar-refractivity contribution in [1.29, 1.82) is 0 Å². The molecule has 0 bridgehead atoms. The van der Waals surface area contributed by atoms with Crippen LogP contribution in [0.3, 0.4) is 0 Å². The predicted octanol–water partition coefficient (Wildman–Crippen LogP) is 5.64. The van der Waals surface area contributed by atoms with Gasteiger partial charge in [-0.15, -0.1) is 0 Å². The first-order valence-electron chi connectivity index (χ1n) is 9.27. The molecule has 4 rings (SSSR count). The quantitative estimate of drug-likeness (QED) is 0.475. The lowest BCUT2D eigenvalue weighted by molar-refractivity contribution is 0.0781. The molecule has 4 aromatic rings. The van der Waals surface area contributed by atoms with Crippen LogP contribution >= 0.6 is 0 Å². The highest BCUT2D eigenvalue weighted by molar-refractivity contribution is 5.85.